The molecule has 0 bridgehead atoms. The number of furan rings is 1. The fraction of sp³-hybridized carbons (Fsp3) is 0.286. The molecule has 0 aliphatic rings. The van der Waals surface area contributed by atoms with Gasteiger partial charge in [-0.25, -0.2) is 8.78 Å². The van der Waals surface area contributed by atoms with E-state index in [1.54, 1.807) is 36.4 Å². The van der Waals surface area contributed by atoms with Gasteiger partial charge in [0.25, 0.3) is 6.43 Å². The van der Waals surface area contributed by atoms with Crippen LogP contribution in [-0.2, 0) is 13.2 Å². The number of hydrogen-bond donors (Lipinski definition) is 2. The summed E-state index contributed by atoms with van der Waals surface area (Å²) in [6, 6.07) is 10.3. The van der Waals surface area contributed by atoms with Crippen LogP contribution in [0.15, 0.2) is 40.8 Å². The molecule has 0 atom stereocenters. The topological polar surface area (TPSA) is 54.6 Å². The predicted octanol–water partition coefficient (Wildman–Crippen LogP) is 3.03. The lowest BCUT2D eigenvalue weighted by Gasteiger charge is -2.12. The molecule has 20 heavy (non-hydrogen) atoms. The molecule has 2 aromatic rings. The SMILES string of the molecule is OCc1ccc(CNc2ccccc2OCC(F)F)o1. The number of para-hydroxylation sites is 2. The van der Waals surface area contributed by atoms with Gasteiger partial charge < -0.3 is 19.6 Å². The Hall–Kier alpha value is -2.08. The fourth-order valence-corrected chi connectivity index (χ4v) is 1.68. The zero-order valence-corrected chi connectivity index (χ0v) is 10.7. The van der Waals surface area contributed by atoms with E-state index in [0.29, 0.717) is 29.5 Å². The zero-order valence-electron chi connectivity index (χ0n) is 10.7. The third-order valence-corrected chi connectivity index (χ3v) is 2.58. The Labute approximate surface area is 115 Å². The van der Waals surface area contributed by atoms with Crippen molar-refractivity contribution in [2.45, 2.75) is 19.6 Å². The van der Waals surface area contributed by atoms with E-state index in [9.17, 15) is 8.78 Å². The van der Waals surface area contributed by atoms with Gasteiger partial charge in [-0.3, -0.25) is 0 Å². The van der Waals surface area contributed by atoms with Crippen LogP contribution in [0.3, 0.4) is 0 Å². The highest BCUT2D eigenvalue weighted by atomic mass is 19.3. The molecular formula is C14H15F2NO3. The monoisotopic (exact) mass is 283 g/mol. The maximum absolute atomic E-state index is 12.2. The molecule has 1 aromatic heterocycles. The average molecular weight is 283 g/mol. The van der Waals surface area contributed by atoms with Gasteiger partial charge in [-0.05, 0) is 24.3 Å². The standard InChI is InChI=1S/C14H15F2NO3/c15-14(16)9-19-13-4-2-1-3-12(13)17-7-10-5-6-11(8-18)20-10/h1-6,14,17-18H,7-9H2. The molecule has 0 aliphatic carbocycles. The number of hydrogen-bond acceptors (Lipinski definition) is 4. The first-order valence-electron chi connectivity index (χ1n) is 6.11. The Morgan fingerprint density at radius 1 is 1.15 bits per heavy atom. The van der Waals surface area contributed by atoms with Crippen molar-refractivity contribution in [3.63, 3.8) is 0 Å². The normalized spacial score (nSPS) is 10.8. The highest BCUT2D eigenvalue weighted by Crippen LogP contribution is 2.25. The molecule has 0 radical (unpaired) electrons. The Bertz CT molecular complexity index is 543. The molecule has 1 aromatic carbocycles. The van der Waals surface area contributed by atoms with Crippen LogP contribution < -0.4 is 10.1 Å². The van der Waals surface area contributed by atoms with Crippen molar-refractivity contribution in [2.24, 2.45) is 0 Å². The molecule has 0 amide bonds. The van der Waals surface area contributed by atoms with Crippen LogP contribution in [0, 0.1) is 0 Å². The van der Waals surface area contributed by atoms with E-state index >= 15 is 0 Å². The van der Waals surface area contributed by atoms with Crippen molar-refractivity contribution in [1.29, 1.82) is 0 Å². The lowest BCUT2D eigenvalue weighted by atomic mass is 10.3. The molecule has 0 fully saturated rings. The van der Waals surface area contributed by atoms with E-state index in [1.165, 1.54) is 0 Å². The van der Waals surface area contributed by atoms with E-state index in [1.807, 2.05) is 0 Å². The summed E-state index contributed by atoms with van der Waals surface area (Å²) in [5.74, 6) is 1.48. The lowest BCUT2D eigenvalue weighted by Crippen LogP contribution is -2.09. The summed E-state index contributed by atoms with van der Waals surface area (Å²) in [6.07, 6.45) is -2.51. The van der Waals surface area contributed by atoms with E-state index in [-0.39, 0.29) is 6.61 Å². The third-order valence-electron chi connectivity index (χ3n) is 2.58. The first-order valence-corrected chi connectivity index (χ1v) is 6.11. The fourth-order valence-electron chi connectivity index (χ4n) is 1.68. The highest BCUT2D eigenvalue weighted by molar-refractivity contribution is 5.56. The maximum atomic E-state index is 12.2. The Morgan fingerprint density at radius 2 is 1.90 bits per heavy atom. The summed E-state index contributed by atoms with van der Waals surface area (Å²) in [5, 5.41) is 11.9. The van der Waals surface area contributed by atoms with Gasteiger partial charge in [0.1, 0.15) is 30.5 Å². The van der Waals surface area contributed by atoms with Crippen LogP contribution in [-0.4, -0.2) is 18.1 Å². The molecule has 0 saturated heterocycles. The smallest absolute Gasteiger partial charge is 0.272 e. The number of ether oxygens (including phenoxy) is 1. The Kier molecular flexibility index (Phi) is 4.95. The molecular weight excluding hydrogens is 268 g/mol. The molecule has 6 heteroatoms. The van der Waals surface area contributed by atoms with Crippen LogP contribution >= 0.6 is 0 Å². The van der Waals surface area contributed by atoms with Gasteiger partial charge in [0.15, 0.2) is 0 Å². The predicted molar refractivity (Wildman–Crippen MR) is 69.9 cm³/mol. The second kappa shape index (κ2) is 6.91. The van der Waals surface area contributed by atoms with Crippen molar-refractivity contribution in [2.75, 3.05) is 11.9 Å². The number of halogens is 2. The quantitative estimate of drug-likeness (QED) is 0.820. The van der Waals surface area contributed by atoms with E-state index in [0.717, 1.165) is 0 Å². The molecule has 108 valence electrons. The molecule has 4 nitrogen and oxygen atoms in total. The number of aliphatic hydroxyl groups is 1. The lowest BCUT2D eigenvalue weighted by molar-refractivity contribution is 0.0822. The van der Waals surface area contributed by atoms with Gasteiger partial charge in [-0.1, -0.05) is 12.1 Å². The van der Waals surface area contributed by atoms with Crippen molar-refractivity contribution in [1.82, 2.24) is 0 Å². The Morgan fingerprint density at radius 3 is 2.60 bits per heavy atom. The second-order valence-electron chi connectivity index (χ2n) is 4.08. The average Bonchev–Trinajstić information content (AvgIpc) is 2.91. The van der Waals surface area contributed by atoms with Crippen molar-refractivity contribution >= 4 is 5.69 Å². The number of anilines is 1. The summed E-state index contributed by atoms with van der Waals surface area (Å²) >= 11 is 0. The molecule has 0 unspecified atom stereocenters. The Balaban J connectivity index is 1.97. The second-order valence-corrected chi connectivity index (χ2v) is 4.08. The number of benzene rings is 1. The zero-order chi connectivity index (χ0) is 14.4. The van der Waals surface area contributed by atoms with Gasteiger partial charge in [0.2, 0.25) is 0 Å². The summed E-state index contributed by atoms with van der Waals surface area (Å²) < 4.78 is 34.7. The summed E-state index contributed by atoms with van der Waals surface area (Å²) in [7, 11) is 0. The molecule has 2 rings (SSSR count). The largest absolute Gasteiger partial charge is 0.485 e. The van der Waals surface area contributed by atoms with E-state index < -0.39 is 13.0 Å². The number of rotatable bonds is 7. The number of nitrogens with one attached hydrogen (secondary N) is 1. The molecule has 1 heterocycles. The summed E-state index contributed by atoms with van der Waals surface area (Å²) in [5.41, 5.74) is 0.607. The minimum Gasteiger partial charge on any atom is -0.485 e. The van der Waals surface area contributed by atoms with Gasteiger partial charge in [-0.15, -0.1) is 0 Å². The highest BCUT2D eigenvalue weighted by Gasteiger charge is 2.08. The minimum absolute atomic E-state index is 0.159. The maximum Gasteiger partial charge on any atom is 0.272 e. The van der Waals surface area contributed by atoms with Crippen LogP contribution in [0.1, 0.15) is 11.5 Å². The molecule has 0 saturated carbocycles. The summed E-state index contributed by atoms with van der Waals surface area (Å²) in [6.45, 7) is -0.433. The summed E-state index contributed by atoms with van der Waals surface area (Å²) in [4.78, 5) is 0. The third kappa shape index (κ3) is 3.96. The molecule has 0 aliphatic heterocycles. The molecule has 0 spiro atoms. The van der Waals surface area contributed by atoms with E-state index in [2.05, 4.69) is 5.32 Å². The number of alkyl halides is 2. The van der Waals surface area contributed by atoms with Crippen molar-refractivity contribution in [3.05, 3.63) is 47.9 Å². The van der Waals surface area contributed by atoms with Gasteiger partial charge in [-0.2, -0.15) is 0 Å². The van der Waals surface area contributed by atoms with Crippen LogP contribution in [0.5, 0.6) is 5.75 Å². The number of aliphatic hydroxyl groups excluding tert-OH is 1. The van der Waals surface area contributed by atoms with Crippen molar-refractivity contribution in [3.8, 4) is 5.75 Å². The minimum atomic E-state index is -2.51. The van der Waals surface area contributed by atoms with Gasteiger partial charge in [0.05, 0.1) is 12.2 Å². The van der Waals surface area contributed by atoms with Crippen LogP contribution in [0.2, 0.25) is 0 Å². The van der Waals surface area contributed by atoms with Crippen LogP contribution in [0.4, 0.5) is 14.5 Å². The first kappa shape index (κ1) is 14.3. The van der Waals surface area contributed by atoms with Crippen molar-refractivity contribution < 1.29 is 23.0 Å². The van der Waals surface area contributed by atoms with Gasteiger partial charge >= 0.3 is 0 Å². The van der Waals surface area contributed by atoms with Gasteiger partial charge in [0, 0.05) is 0 Å². The first-order chi connectivity index (χ1) is 9.69. The van der Waals surface area contributed by atoms with E-state index in [4.69, 9.17) is 14.3 Å². The molecule has 2 N–H and O–H groups in total. The van der Waals surface area contributed by atoms with Crippen LogP contribution in [0.25, 0.3) is 0 Å².